The van der Waals surface area contributed by atoms with E-state index >= 15 is 0 Å². The highest BCUT2D eigenvalue weighted by atomic mass is 32.1. The number of nitrogens with zero attached hydrogens (tertiary/aromatic N) is 3. The molecule has 2 heterocycles. The molecule has 0 saturated heterocycles. The van der Waals surface area contributed by atoms with Crippen LogP contribution in [0.2, 0.25) is 0 Å². The van der Waals surface area contributed by atoms with Crippen LogP contribution in [-0.2, 0) is 0 Å². The van der Waals surface area contributed by atoms with Crippen LogP contribution in [0.15, 0.2) is 36.8 Å². The summed E-state index contributed by atoms with van der Waals surface area (Å²) in [5.74, 6) is -0.640. The van der Waals surface area contributed by atoms with Crippen molar-refractivity contribution in [3.8, 4) is 5.69 Å². The van der Waals surface area contributed by atoms with Crippen molar-refractivity contribution < 1.29 is 9.18 Å². The van der Waals surface area contributed by atoms with E-state index in [2.05, 4.69) is 15.3 Å². The third-order valence-corrected chi connectivity index (χ3v) is 4.21. The molecule has 0 spiro atoms. The van der Waals surface area contributed by atoms with E-state index in [1.54, 1.807) is 16.7 Å². The number of hydrogen-bond acceptors (Lipinski definition) is 4. The van der Waals surface area contributed by atoms with Crippen molar-refractivity contribution in [1.29, 1.82) is 0 Å². The van der Waals surface area contributed by atoms with Gasteiger partial charge in [0, 0.05) is 10.6 Å². The van der Waals surface area contributed by atoms with E-state index in [0.29, 0.717) is 16.5 Å². The number of thiazole rings is 1. The third-order valence-electron chi connectivity index (χ3n) is 3.22. The average Bonchev–Trinajstić information content (AvgIpc) is 3.07. The van der Waals surface area contributed by atoms with Crippen molar-refractivity contribution in [2.45, 2.75) is 13.8 Å². The van der Waals surface area contributed by atoms with E-state index in [9.17, 15) is 9.18 Å². The molecular weight excluding hydrogens is 303 g/mol. The monoisotopic (exact) mass is 316 g/mol. The fourth-order valence-electron chi connectivity index (χ4n) is 1.96. The summed E-state index contributed by atoms with van der Waals surface area (Å²) < 4.78 is 14.6. The van der Waals surface area contributed by atoms with E-state index in [1.807, 2.05) is 13.8 Å². The average molecular weight is 316 g/mol. The van der Waals surface area contributed by atoms with E-state index in [1.165, 1.54) is 36.0 Å². The normalized spacial score (nSPS) is 10.7. The minimum absolute atomic E-state index is 0.310. The number of benzene rings is 1. The van der Waals surface area contributed by atoms with Crippen LogP contribution in [0, 0.1) is 19.7 Å². The molecule has 0 unspecified atom stereocenters. The number of aromatic nitrogens is 3. The summed E-state index contributed by atoms with van der Waals surface area (Å²) in [6, 6.07) is 5.85. The summed E-state index contributed by atoms with van der Waals surface area (Å²) in [5, 5.41) is 3.31. The van der Waals surface area contributed by atoms with Crippen LogP contribution >= 0.6 is 11.3 Å². The maximum absolute atomic E-state index is 13.0. The molecule has 0 saturated carbocycles. The Morgan fingerprint density at radius 3 is 2.64 bits per heavy atom. The highest BCUT2D eigenvalue weighted by Crippen LogP contribution is 2.22. The van der Waals surface area contributed by atoms with Gasteiger partial charge in [-0.15, -0.1) is 11.3 Å². The van der Waals surface area contributed by atoms with Gasteiger partial charge in [0.25, 0.3) is 5.91 Å². The molecule has 1 N–H and O–H groups in total. The van der Waals surface area contributed by atoms with Crippen molar-refractivity contribution in [3.05, 3.63) is 58.9 Å². The lowest BCUT2D eigenvalue weighted by Gasteiger charge is -2.07. The quantitative estimate of drug-likeness (QED) is 0.806. The summed E-state index contributed by atoms with van der Waals surface area (Å²) in [6.07, 6.45) is 2.98. The molecule has 0 aliphatic rings. The van der Waals surface area contributed by atoms with Crippen molar-refractivity contribution in [3.63, 3.8) is 0 Å². The Balaban J connectivity index is 1.87. The standard InChI is InChI=1S/C15H13FN4OS/c1-9-10(2)22-15(18-9)19-14(21)13-7-17-8-20(13)12-5-3-11(16)4-6-12/h3-8H,1-2H3,(H,18,19,21). The predicted octanol–water partition coefficient (Wildman–Crippen LogP) is 3.34. The summed E-state index contributed by atoms with van der Waals surface area (Å²) >= 11 is 1.42. The molecule has 0 atom stereocenters. The number of amides is 1. The molecule has 3 rings (SSSR count). The third kappa shape index (κ3) is 2.75. The lowest BCUT2D eigenvalue weighted by molar-refractivity contribution is 0.102. The molecular formula is C15H13FN4OS. The molecule has 22 heavy (non-hydrogen) atoms. The van der Waals surface area contributed by atoms with Gasteiger partial charge in [0.15, 0.2) is 5.13 Å². The fourth-order valence-corrected chi connectivity index (χ4v) is 2.77. The molecule has 112 valence electrons. The Hall–Kier alpha value is -2.54. The van der Waals surface area contributed by atoms with Crippen LogP contribution < -0.4 is 5.32 Å². The van der Waals surface area contributed by atoms with Crippen molar-refractivity contribution in [2.75, 3.05) is 5.32 Å². The van der Waals surface area contributed by atoms with Gasteiger partial charge in [0.05, 0.1) is 18.2 Å². The van der Waals surface area contributed by atoms with Gasteiger partial charge < -0.3 is 0 Å². The first kappa shape index (κ1) is 14.4. The molecule has 1 amide bonds. The first-order valence-corrected chi connectivity index (χ1v) is 7.40. The zero-order valence-corrected chi connectivity index (χ0v) is 12.8. The molecule has 1 aromatic carbocycles. The van der Waals surface area contributed by atoms with Crippen molar-refractivity contribution in [1.82, 2.24) is 14.5 Å². The van der Waals surface area contributed by atoms with E-state index in [-0.39, 0.29) is 11.7 Å². The first-order chi connectivity index (χ1) is 10.5. The van der Waals surface area contributed by atoms with Gasteiger partial charge in [0.1, 0.15) is 11.5 Å². The number of hydrogen-bond donors (Lipinski definition) is 1. The SMILES string of the molecule is Cc1nc(NC(=O)c2cncn2-c2ccc(F)cc2)sc1C. The van der Waals surface area contributed by atoms with Gasteiger partial charge in [-0.1, -0.05) is 0 Å². The molecule has 7 heteroatoms. The molecule has 0 bridgehead atoms. The Morgan fingerprint density at radius 2 is 2.00 bits per heavy atom. The van der Waals surface area contributed by atoms with Crippen LogP contribution in [0.25, 0.3) is 5.69 Å². The van der Waals surface area contributed by atoms with Gasteiger partial charge in [-0.3, -0.25) is 14.7 Å². The summed E-state index contributed by atoms with van der Waals surface area (Å²) in [6.45, 7) is 3.84. The van der Waals surface area contributed by atoms with Gasteiger partial charge in [-0.05, 0) is 38.1 Å². The number of imidazole rings is 1. The highest BCUT2D eigenvalue weighted by Gasteiger charge is 2.15. The Labute approximate surface area is 130 Å². The van der Waals surface area contributed by atoms with Gasteiger partial charge in [-0.25, -0.2) is 14.4 Å². The lowest BCUT2D eigenvalue weighted by Crippen LogP contribution is -2.16. The Kier molecular flexibility index (Phi) is 3.72. The minimum atomic E-state index is -0.330. The number of carbonyl (C=O) groups excluding carboxylic acids is 1. The maximum Gasteiger partial charge on any atom is 0.276 e. The number of nitrogens with one attached hydrogen (secondary N) is 1. The summed E-state index contributed by atoms with van der Waals surface area (Å²) in [4.78, 5) is 21.7. The number of aryl methyl sites for hydroxylation is 2. The molecule has 2 aromatic heterocycles. The largest absolute Gasteiger partial charge is 0.296 e. The zero-order chi connectivity index (χ0) is 15.7. The van der Waals surface area contributed by atoms with Crippen LogP contribution in [-0.4, -0.2) is 20.4 Å². The van der Waals surface area contributed by atoms with Gasteiger partial charge in [-0.2, -0.15) is 0 Å². The van der Waals surface area contributed by atoms with Crippen LogP contribution in [0.4, 0.5) is 9.52 Å². The molecule has 3 aromatic rings. The van der Waals surface area contributed by atoms with E-state index in [4.69, 9.17) is 0 Å². The topological polar surface area (TPSA) is 59.8 Å². The molecule has 0 radical (unpaired) electrons. The second-order valence-electron chi connectivity index (χ2n) is 4.74. The van der Waals surface area contributed by atoms with Gasteiger partial charge >= 0.3 is 0 Å². The molecule has 0 fully saturated rings. The number of anilines is 1. The maximum atomic E-state index is 13.0. The number of rotatable bonds is 3. The Bertz CT molecular complexity index is 803. The second kappa shape index (κ2) is 5.69. The molecule has 5 nitrogen and oxygen atoms in total. The first-order valence-electron chi connectivity index (χ1n) is 6.58. The molecule has 0 aliphatic heterocycles. The van der Waals surface area contributed by atoms with Crippen LogP contribution in [0.3, 0.4) is 0 Å². The fraction of sp³-hybridized carbons (Fsp3) is 0.133. The van der Waals surface area contributed by atoms with E-state index < -0.39 is 0 Å². The summed E-state index contributed by atoms with van der Waals surface area (Å²) in [5.41, 5.74) is 1.92. The Morgan fingerprint density at radius 1 is 1.27 bits per heavy atom. The van der Waals surface area contributed by atoms with Crippen molar-refractivity contribution >= 4 is 22.4 Å². The van der Waals surface area contributed by atoms with Gasteiger partial charge in [0.2, 0.25) is 0 Å². The van der Waals surface area contributed by atoms with Crippen LogP contribution in [0.5, 0.6) is 0 Å². The number of halogens is 1. The minimum Gasteiger partial charge on any atom is -0.296 e. The zero-order valence-electron chi connectivity index (χ0n) is 12.0. The van der Waals surface area contributed by atoms with E-state index in [0.717, 1.165) is 10.6 Å². The lowest BCUT2D eigenvalue weighted by atomic mass is 10.3. The highest BCUT2D eigenvalue weighted by molar-refractivity contribution is 7.15. The molecule has 0 aliphatic carbocycles. The summed E-state index contributed by atoms with van der Waals surface area (Å²) in [7, 11) is 0. The second-order valence-corrected chi connectivity index (χ2v) is 5.94. The number of carbonyl (C=O) groups is 1. The predicted molar refractivity (Wildman–Crippen MR) is 83.1 cm³/mol. The van der Waals surface area contributed by atoms with Crippen molar-refractivity contribution in [2.24, 2.45) is 0 Å². The smallest absolute Gasteiger partial charge is 0.276 e. The van der Waals surface area contributed by atoms with Crippen LogP contribution in [0.1, 0.15) is 21.1 Å².